The van der Waals surface area contributed by atoms with Gasteiger partial charge in [-0.15, -0.1) is 0 Å². The van der Waals surface area contributed by atoms with E-state index in [0.29, 0.717) is 0 Å². The Balaban J connectivity index is 4.18. The lowest BCUT2D eigenvalue weighted by Gasteiger charge is -2.05. The van der Waals surface area contributed by atoms with E-state index in [4.69, 9.17) is 10.2 Å². The molecule has 0 fully saturated rings. The molecule has 21 heavy (non-hydrogen) atoms. The van der Waals surface area contributed by atoms with Gasteiger partial charge in [0.25, 0.3) is 0 Å². The maximum Gasteiger partial charge on any atom is 0.361 e. The fraction of sp³-hybridized carbons (Fsp3) is 0. The summed E-state index contributed by atoms with van der Waals surface area (Å²) in [6.07, 6.45) is 0. The first-order valence-corrected chi connectivity index (χ1v) is 7.45. The van der Waals surface area contributed by atoms with E-state index < -0.39 is 67.7 Å². The molecule has 0 heterocycles. The van der Waals surface area contributed by atoms with Gasteiger partial charge in [0, 0.05) is 6.07 Å². The number of nitro groups is 2. The highest BCUT2D eigenvalue weighted by atomic mass is 127. The molecule has 13 heteroatoms. The molecule has 0 saturated carbocycles. The van der Waals surface area contributed by atoms with Gasteiger partial charge in [-0.2, -0.15) is 0 Å². The van der Waals surface area contributed by atoms with E-state index in [9.17, 15) is 36.0 Å². The second kappa shape index (κ2) is 5.73. The smallest absolute Gasteiger partial charge is 0.361 e. The van der Waals surface area contributed by atoms with Crippen molar-refractivity contribution in [2.45, 2.75) is 0 Å². The van der Waals surface area contributed by atoms with Crippen molar-refractivity contribution in [3.63, 3.8) is 0 Å². The average Bonchev–Trinajstić information content (AvgIpc) is 2.34. The van der Waals surface area contributed by atoms with Gasteiger partial charge in [-0.05, 0) is 0 Å². The zero-order valence-corrected chi connectivity index (χ0v) is 11.7. The SMILES string of the molecule is O=C(O)c1cc([N+](=O)[O-])c([N+](=O)[O-])c(C(=O)O)c1I(=O)=O. The van der Waals surface area contributed by atoms with E-state index in [1.165, 1.54) is 0 Å². The van der Waals surface area contributed by atoms with Crippen molar-refractivity contribution in [3.05, 3.63) is 41.0 Å². The van der Waals surface area contributed by atoms with Crippen LogP contribution in [-0.2, 0) is 6.14 Å². The second-order valence-corrected chi connectivity index (χ2v) is 5.64. The second-order valence-electron chi connectivity index (χ2n) is 3.32. The predicted octanol–water partition coefficient (Wildman–Crippen LogP) is 1.27. The summed E-state index contributed by atoms with van der Waals surface area (Å²) in [6.45, 7) is 0. The fourth-order valence-electron chi connectivity index (χ4n) is 1.47. The van der Waals surface area contributed by atoms with Crippen LogP contribution < -0.4 is 0 Å². The standard InChI is InChI=1S/C8H3IN2O10/c12-7(13)2-1-3(10(18)19)6(11(20)21)4(8(14)15)5(2)9(16)17/h1H,(H,12,13)(H,14,15). The Labute approximate surface area is 120 Å². The van der Waals surface area contributed by atoms with E-state index in [0.717, 1.165) is 0 Å². The molecule has 1 rings (SSSR count). The predicted molar refractivity (Wildman–Crippen MR) is 67.8 cm³/mol. The van der Waals surface area contributed by atoms with E-state index in [1.807, 2.05) is 0 Å². The van der Waals surface area contributed by atoms with Gasteiger partial charge < -0.3 is 10.2 Å². The van der Waals surface area contributed by atoms with Crippen molar-refractivity contribution in [3.8, 4) is 0 Å². The third-order valence-corrected chi connectivity index (χ3v) is 4.20. The zero-order valence-electron chi connectivity index (χ0n) is 9.51. The Bertz CT molecular complexity index is 757. The van der Waals surface area contributed by atoms with Crippen LogP contribution in [0.5, 0.6) is 0 Å². The highest BCUT2D eigenvalue weighted by Crippen LogP contribution is 2.39. The number of nitro benzene ring substituents is 2. The number of nitrogens with zero attached hydrogens (tertiary/aromatic N) is 2. The number of aromatic carboxylic acids is 2. The molecule has 0 aliphatic rings. The van der Waals surface area contributed by atoms with Gasteiger partial charge in [0.2, 0.25) is 0 Å². The van der Waals surface area contributed by atoms with Gasteiger partial charge in [-0.3, -0.25) is 20.2 Å². The van der Waals surface area contributed by atoms with Crippen LogP contribution in [0, 0.1) is 23.8 Å². The van der Waals surface area contributed by atoms with Gasteiger partial charge >= 0.3 is 43.1 Å². The third-order valence-electron chi connectivity index (χ3n) is 2.19. The normalized spacial score (nSPS) is 10.3. The Kier molecular flexibility index (Phi) is 4.46. The molecule has 0 atom stereocenters. The van der Waals surface area contributed by atoms with Crippen LogP contribution in [-0.4, -0.2) is 32.0 Å². The van der Waals surface area contributed by atoms with Gasteiger partial charge in [-0.1, -0.05) is 0 Å². The van der Waals surface area contributed by atoms with E-state index >= 15 is 0 Å². The lowest BCUT2D eigenvalue weighted by molar-refractivity contribution is -0.422. The molecule has 2 N–H and O–H groups in total. The molecule has 0 aliphatic heterocycles. The largest absolute Gasteiger partial charge is 0.478 e. The molecule has 0 spiro atoms. The summed E-state index contributed by atoms with van der Waals surface area (Å²) in [6, 6.07) is 0.155. The highest BCUT2D eigenvalue weighted by molar-refractivity contribution is 14.2. The Morgan fingerprint density at radius 3 is 1.86 bits per heavy atom. The first-order chi connectivity index (χ1) is 9.59. The maximum atomic E-state index is 11.1. The van der Waals surface area contributed by atoms with Crippen molar-refractivity contribution >= 4 is 43.1 Å². The number of carbonyl (C=O) groups is 2. The number of hydrogen-bond acceptors (Lipinski definition) is 8. The van der Waals surface area contributed by atoms with Crippen molar-refractivity contribution in [2.75, 3.05) is 0 Å². The van der Waals surface area contributed by atoms with Gasteiger partial charge in [0.1, 0.15) is 3.57 Å². The van der Waals surface area contributed by atoms with Crippen LogP contribution in [0.2, 0.25) is 0 Å². The minimum absolute atomic E-state index is 0.155. The number of carboxylic acid groups (broad SMARTS) is 2. The lowest BCUT2D eigenvalue weighted by atomic mass is 10.1. The van der Waals surface area contributed by atoms with Crippen LogP contribution >= 0.6 is 19.8 Å². The molecule has 0 unspecified atom stereocenters. The minimum atomic E-state index is -4.81. The average molecular weight is 414 g/mol. The minimum Gasteiger partial charge on any atom is -0.478 e. The zero-order chi connectivity index (χ0) is 16.5. The molecule has 0 aliphatic carbocycles. The summed E-state index contributed by atoms with van der Waals surface area (Å²) in [5.74, 6) is -4.11. The maximum absolute atomic E-state index is 11.1. The van der Waals surface area contributed by atoms with E-state index in [1.54, 1.807) is 0 Å². The quantitative estimate of drug-likeness (QED) is 0.402. The number of halogens is 1. The van der Waals surface area contributed by atoms with Crippen LogP contribution in [0.1, 0.15) is 20.7 Å². The van der Waals surface area contributed by atoms with E-state index in [-0.39, 0.29) is 6.07 Å². The summed E-state index contributed by atoms with van der Waals surface area (Å²) in [5, 5.41) is 39.2. The molecule has 0 radical (unpaired) electrons. The fourth-order valence-corrected chi connectivity index (χ4v) is 3.26. The topological polar surface area (TPSA) is 195 Å². The first kappa shape index (κ1) is 16.3. The summed E-state index contributed by atoms with van der Waals surface area (Å²) in [4.78, 5) is 40.7. The molecular formula is C8H3IN2O10. The van der Waals surface area contributed by atoms with Crippen LogP contribution in [0.4, 0.5) is 11.4 Å². The Morgan fingerprint density at radius 1 is 1.05 bits per heavy atom. The molecule has 0 amide bonds. The summed E-state index contributed by atoms with van der Waals surface area (Å²) < 4.78 is 21.0. The van der Waals surface area contributed by atoms with Crippen molar-refractivity contribution in [1.82, 2.24) is 0 Å². The van der Waals surface area contributed by atoms with Crippen molar-refractivity contribution in [1.29, 1.82) is 0 Å². The monoisotopic (exact) mass is 414 g/mol. The van der Waals surface area contributed by atoms with Crippen molar-refractivity contribution < 1.29 is 35.8 Å². The van der Waals surface area contributed by atoms with Crippen molar-refractivity contribution in [2.24, 2.45) is 0 Å². The van der Waals surface area contributed by atoms with Gasteiger partial charge in [0.05, 0.1) is 15.4 Å². The number of carboxylic acids is 2. The molecule has 0 saturated heterocycles. The third kappa shape index (κ3) is 2.91. The number of hydrogen-bond donors (Lipinski definition) is 2. The lowest BCUT2D eigenvalue weighted by Crippen LogP contribution is -2.13. The van der Waals surface area contributed by atoms with Crippen LogP contribution in [0.15, 0.2) is 6.07 Å². The summed E-state index contributed by atoms with van der Waals surface area (Å²) >= 11 is -4.81. The Hall–Kier alpha value is -2.71. The Morgan fingerprint density at radius 2 is 1.57 bits per heavy atom. The molecule has 0 aromatic heterocycles. The van der Waals surface area contributed by atoms with Gasteiger partial charge in [0.15, 0.2) is 5.56 Å². The number of rotatable bonds is 5. The number of benzene rings is 1. The van der Waals surface area contributed by atoms with Crippen LogP contribution in [0.3, 0.4) is 0 Å². The molecular weight excluding hydrogens is 411 g/mol. The van der Waals surface area contributed by atoms with E-state index in [2.05, 4.69) is 0 Å². The molecule has 112 valence electrons. The van der Waals surface area contributed by atoms with Crippen LogP contribution in [0.25, 0.3) is 0 Å². The highest BCUT2D eigenvalue weighted by Gasteiger charge is 2.40. The summed E-state index contributed by atoms with van der Waals surface area (Å²) in [7, 11) is 0. The summed E-state index contributed by atoms with van der Waals surface area (Å²) in [5.41, 5.74) is -5.72. The molecule has 1 aromatic carbocycles. The van der Waals surface area contributed by atoms with Gasteiger partial charge in [-0.25, -0.2) is 15.7 Å². The molecule has 12 nitrogen and oxygen atoms in total. The molecule has 0 bridgehead atoms. The first-order valence-electron chi connectivity index (χ1n) is 4.61. The molecule has 1 aromatic rings.